The van der Waals surface area contributed by atoms with Gasteiger partial charge in [0.1, 0.15) is 0 Å². The number of hydrogen-bond acceptors (Lipinski definition) is 3. The van der Waals surface area contributed by atoms with Gasteiger partial charge in [0, 0.05) is 13.1 Å². The molecule has 1 aliphatic carbocycles. The zero-order chi connectivity index (χ0) is 11.1. The van der Waals surface area contributed by atoms with Gasteiger partial charge in [0.15, 0.2) is 0 Å². The summed E-state index contributed by atoms with van der Waals surface area (Å²) >= 11 is 0. The Kier molecular flexibility index (Phi) is 5.05. The van der Waals surface area contributed by atoms with Crippen LogP contribution in [0, 0.1) is 0 Å². The summed E-state index contributed by atoms with van der Waals surface area (Å²) < 4.78 is 0. The van der Waals surface area contributed by atoms with Crippen LogP contribution >= 0.6 is 0 Å². The normalized spacial score (nSPS) is 19.9. The van der Waals surface area contributed by atoms with Crippen LogP contribution in [0.3, 0.4) is 0 Å². The Morgan fingerprint density at radius 2 is 1.93 bits per heavy atom. The molecule has 0 unspecified atom stereocenters. The molecule has 0 aromatic carbocycles. The first-order chi connectivity index (χ1) is 7.19. The molecule has 4 nitrogen and oxygen atoms in total. The molecule has 4 heteroatoms. The van der Waals surface area contributed by atoms with Crippen molar-refractivity contribution < 1.29 is 4.79 Å². The number of nitrogens with one attached hydrogen (secondary N) is 2. The van der Waals surface area contributed by atoms with Gasteiger partial charge in [-0.2, -0.15) is 0 Å². The minimum Gasteiger partial charge on any atom is -0.353 e. The third-order valence-electron chi connectivity index (χ3n) is 3.04. The van der Waals surface area contributed by atoms with E-state index >= 15 is 0 Å². The minimum absolute atomic E-state index is 0.0279. The van der Waals surface area contributed by atoms with Crippen molar-refractivity contribution in [3.05, 3.63) is 0 Å². The standard InChI is InChI=1S/C11H23N3O/c1-2-13-8-9-14-10(15)11(12)6-4-3-5-7-11/h13H,2-9,12H2,1H3,(H,14,15). The number of amides is 1. The number of hydrogen-bond donors (Lipinski definition) is 3. The highest BCUT2D eigenvalue weighted by Crippen LogP contribution is 2.25. The van der Waals surface area contributed by atoms with Crippen LogP contribution in [0.2, 0.25) is 0 Å². The Morgan fingerprint density at radius 1 is 1.27 bits per heavy atom. The second-order valence-corrected chi connectivity index (χ2v) is 4.33. The SMILES string of the molecule is CCNCCNC(=O)C1(N)CCCCC1. The van der Waals surface area contributed by atoms with E-state index in [1.165, 1.54) is 6.42 Å². The van der Waals surface area contributed by atoms with E-state index < -0.39 is 5.54 Å². The summed E-state index contributed by atoms with van der Waals surface area (Å²) in [6.45, 7) is 4.47. The van der Waals surface area contributed by atoms with Crippen molar-refractivity contribution in [3.8, 4) is 0 Å². The Bertz CT molecular complexity index is 200. The summed E-state index contributed by atoms with van der Waals surface area (Å²) in [5.41, 5.74) is 5.49. The average molecular weight is 213 g/mol. The predicted molar refractivity (Wildman–Crippen MR) is 61.6 cm³/mol. The van der Waals surface area contributed by atoms with E-state index in [2.05, 4.69) is 10.6 Å². The van der Waals surface area contributed by atoms with E-state index in [-0.39, 0.29) is 5.91 Å². The molecule has 88 valence electrons. The summed E-state index contributed by atoms with van der Waals surface area (Å²) in [6.07, 6.45) is 5.04. The highest BCUT2D eigenvalue weighted by Gasteiger charge is 2.34. The lowest BCUT2D eigenvalue weighted by Gasteiger charge is -2.31. The van der Waals surface area contributed by atoms with Gasteiger partial charge in [-0.05, 0) is 19.4 Å². The molecule has 0 aromatic heterocycles. The molecule has 0 heterocycles. The van der Waals surface area contributed by atoms with Gasteiger partial charge in [0.2, 0.25) is 5.91 Å². The van der Waals surface area contributed by atoms with Crippen LogP contribution in [-0.4, -0.2) is 31.1 Å². The zero-order valence-electron chi connectivity index (χ0n) is 9.64. The van der Waals surface area contributed by atoms with Crippen LogP contribution in [0.4, 0.5) is 0 Å². The molecule has 0 saturated heterocycles. The Labute approximate surface area is 92.0 Å². The molecule has 0 aromatic rings. The van der Waals surface area contributed by atoms with E-state index in [9.17, 15) is 4.79 Å². The fourth-order valence-electron chi connectivity index (χ4n) is 2.03. The molecule has 1 fully saturated rings. The molecule has 0 atom stereocenters. The first kappa shape index (κ1) is 12.5. The van der Waals surface area contributed by atoms with Gasteiger partial charge in [0.05, 0.1) is 5.54 Å². The van der Waals surface area contributed by atoms with Crippen LogP contribution in [0.5, 0.6) is 0 Å². The first-order valence-corrected chi connectivity index (χ1v) is 5.97. The van der Waals surface area contributed by atoms with Crippen molar-refractivity contribution in [3.63, 3.8) is 0 Å². The number of carbonyl (C=O) groups is 1. The number of carbonyl (C=O) groups excluding carboxylic acids is 1. The predicted octanol–water partition coefficient (Wildman–Crippen LogP) is 0.374. The van der Waals surface area contributed by atoms with Crippen LogP contribution in [0.1, 0.15) is 39.0 Å². The van der Waals surface area contributed by atoms with E-state index in [1.54, 1.807) is 0 Å². The molecule has 1 aliphatic rings. The Balaban J connectivity index is 2.25. The molecular formula is C11H23N3O. The molecule has 1 rings (SSSR count). The highest BCUT2D eigenvalue weighted by molar-refractivity contribution is 5.86. The monoisotopic (exact) mass is 213 g/mol. The smallest absolute Gasteiger partial charge is 0.240 e. The van der Waals surface area contributed by atoms with Gasteiger partial charge < -0.3 is 16.4 Å². The Morgan fingerprint density at radius 3 is 2.53 bits per heavy atom. The van der Waals surface area contributed by atoms with Crippen molar-refractivity contribution in [1.29, 1.82) is 0 Å². The van der Waals surface area contributed by atoms with E-state index in [1.807, 2.05) is 6.92 Å². The number of nitrogens with two attached hydrogens (primary N) is 1. The lowest BCUT2D eigenvalue weighted by atomic mass is 9.82. The maximum atomic E-state index is 11.8. The third kappa shape index (κ3) is 3.80. The fraction of sp³-hybridized carbons (Fsp3) is 0.909. The van der Waals surface area contributed by atoms with Crippen LogP contribution < -0.4 is 16.4 Å². The van der Waals surface area contributed by atoms with Gasteiger partial charge in [-0.3, -0.25) is 4.79 Å². The molecule has 0 aliphatic heterocycles. The first-order valence-electron chi connectivity index (χ1n) is 5.97. The van der Waals surface area contributed by atoms with E-state index in [0.717, 1.165) is 38.8 Å². The Hall–Kier alpha value is -0.610. The molecule has 0 bridgehead atoms. The second kappa shape index (κ2) is 6.08. The van der Waals surface area contributed by atoms with Gasteiger partial charge in [0.25, 0.3) is 0 Å². The van der Waals surface area contributed by atoms with Crippen LogP contribution in [0.25, 0.3) is 0 Å². The van der Waals surface area contributed by atoms with Gasteiger partial charge in [-0.15, -0.1) is 0 Å². The molecule has 0 spiro atoms. The van der Waals surface area contributed by atoms with E-state index in [4.69, 9.17) is 5.73 Å². The second-order valence-electron chi connectivity index (χ2n) is 4.33. The van der Waals surface area contributed by atoms with Gasteiger partial charge >= 0.3 is 0 Å². The molecule has 1 amide bonds. The summed E-state index contributed by atoms with van der Waals surface area (Å²) in [5.74, 6) is 0.0279. The molecule has 1 saturated carbocycles. The molecule has 15 heavy (non-hydrogen) atoms. The topological polar surface area (TPSA) is 67.1 Å². The summed E-state index contributed by atoms with van der Waals surface area (Å²) in [5, 5.41) is 6.06. The van der Waals surface area contributed by atoms with Crippen molar-refractivity contribution in [2.24, 2.45) is 5.73 Å². The van der Waals surface area contributed by atoms with Gasteiger partial charge in [-0.1, -0.05) is 26.2 Å². The van der Waals surface area contributed by atoms with Gasteiger partial charge in [-0.25, -0.2) is 0 Å². The largest absolute Gasteiger partial charge is 0.353 e. The van der Waals surface area contributed by atoms with Crippen LogP contribution in [0.15, 0.2) is 0 Å². The average Bonchev–Trinajstić information content (AvgIpc) is 2.25. The molecule has 0 radical (unpaired) electrons. The maximum absolute atomic E-state index is 11.8. The van der Waals surface area contributed by atoms with Crippen LogP contribution in [-0.2, 0) is 4.79 Å². The van der Waals surface area contributed by atoms with Crippen molar-refractivity contribution in [2.45, 2.75) is 44.6 Å². The number of likely N-dealkylation sites (N-methyl/N-ethyl adjacent to an activating group) is 1. The lowest BCUT2D eigenvalue weighted by molar-refractivity contribution is -0.127. The van der Waals surface area contributed by atoms with Crippen molar-refractivity contribution in [1.82, 2.24) is 10.6 Å². The summed E-state index contributed by atoms with van der Waals surface area (Å²) in [6, 6.07) is 0. The van der Waals surface area contributed by atoms with Crippen molar-refractivity contribution >= 4 is 5.91 Å². The van der Waals surface area contributed by atoms with E-state index in [0.29, 0.717) is 6.54 Å². The fourth-order valence-corrected chi connectivity index (χ4v) is 2.03. The number of rotatable bonds is 5. The van der Waals surface area contributed by atoms with Crippen molar-refractivity contribution in [2.75, 3.05) is 19.6 Å². The third-order valence-corrected chi connectivity index (χ3v) is 3.04. The minimum atomic E-state index is -0.593. The summed E-state index contributed by atoms with van der Waals surface area (Å²) in [7, 11) is 0. The lowest BCUT2D eigenvalue weighted by Crippen LogP contribution is -2.55. The molecule has 4 N–H and O–H groups in total. The quantitative estimate of drug-likeness (QED) is 0.578. The maximum Gasteiger partial charge on any atom is 0.240 e. The summed E-state index contributed by atoms with van der Waals surface area (Å²) in [4.78, 5) is 11.8. The molecular weight excluding hydrogens is 190 g/mol. The highest BCUT2D eigenvalue weighted by atomic mass is 16.2. The zero-order valence-corrected chi connectivity index (χ0v) is 9.64.